The van der Waals surface area contributed by atoms with E-state index < -0.39 is 11.9 Å². The Labute approximate surface area is 147 Å². The van der Waals surface area contributed by atoms with Crippen molar-refractivity contribution in [2.45, 2.75) is 19.5 Å². The molecule has 0 fully saturated rings. The van der Waals surface area contributed by atoms with Gasteiger partial charge >= 0.3 is 5.97 Å². The van der Waals surface area contributed by atoms with Gasteiger partial charge in [-0.3, -0.25) is 19.0 Å². The van der Waals surface area contributed by atoms with Crippen LogP contribution in [0.1, 0.15) is 22.3 Å². The van der Waals surface area contributed by atoms with Gasteiger partial charge in [0.05, 0.1) is 31.3 Å². The van der Waals surface area contributed by atoms with E-state index in [9.17, 15) is 14.0 Å². The Morgan fingerprint density at radius 3 is 2.77 bits per heavy atom. The number of hydrogen-bond acceptors (Lipinski definition) is 4. The van der Waals surface area contributed by atoms with E-state index in [1.54, 1.807) is 30.5 Å². The van der Waals surface area contributed by atoms with Crippen LogP contribution in [0.2, 0.25) is 0 Å². The number of rotatable bonds is 7. The summed E-state index contributed by atoms with van der Waals surface area (Å²) in [6.07, 6.45) is 4.38. The number of hydrogen-bond donors (Lipinski definition) is 2. The van der Waals surface area contributed by atoms with Gasteiger partial charge in [-0.2, -0.15) is 10.2 Å². The molecule has 3 aromatic rings. The number of carboxylic acids is 1. The molecular weight excluding hydrogens is 341 g/mol. The second-order valence-electron chi connectivity index (χ2n) is 5.58. The van der Waals surface area contributed by atoms with Gasteiger partial charge in [0.25, 0.3) is 5.91 Å². The van der Waals surface area contributed by atoms with Crippen molar-refractivity contribution in [2.75, 3.05) is 5.32 Å². The van der Waals surface area contributed by atoms with Crippen LogP contribution in [0.25, 0.3) is 0 Å². The molecule has 2 aromatic heterocycles. The zero-order valence-electron chi connectivity index (χ0n) is 13.7. The van der Waals surface area contributed by atoms with Crippen molar-refractivity contribution in [2.24, 2.45) is 0 Å². The minimum absolute atomic E-state index is 0.0802. The molecule has 1 aromatic carbocycles. The molecule has 2 N–H and O–H groups in total. The fraction of sp³-hybridized carbons (Fsp3) is 0.176. The van der Waals surface area contributed by atoms with Gasteiger partial charge in [0.15, 0.2) is 5.82 Å². The van der Waals surface area contributed by atoms with Gasteiger partial charge in [0.1, 0.15) is 5.82 Å². The van der Waals surface area contributed by atoms with Crippen molar-refractivity contribution in [1.82, 2.24) is 19.6 Å². The van der Waals surface area contributed by atoms with Crippen LogP contribution in [0, 0.1) is 5.82 Å². The lowest BCUT2D eigenvalue weighted by atomic mass is 10.2. The third kappa shape index (κ3) is 4.32. The van der Waals surface area contributed by atoms with Crippen LogP contribution < -0.4 is 5.32 Å². The van der Waals surface area contributed by atoms with E-state index >= 15 is 0 Å². The highest BCUT2D eigenvalue weighted by Crippen LogP contribution is 2.11. The van der Waals surface area contributed by atoms with Crippen molar-refractivity contribution in [3.63, 3.8) is 0 Å². The number of aryl methyl sites for hydroxylation is 1. The third-order valence-electron chi connectivity index (χ3n) is 3.62. The first-order valence-corrected chi connectivity index (χ1v) is 7.84. The largest absolute Gasteiger partial charge is 0.481 e. The maximum atomic E-state index is 13.7. The molecule has 0 saturated carbocycles. The number of nitrogens with zero attached hydrogens (tertiary/aromatic N) is 4. The van der Waals surface area contributed by atoms with Crippen LogP contribution in [-0.2, 0) is 17.9 Å². The van der Waals surface area contributed by atoms with E-state index in [2.05, 4.69) is 15.5 Å². The van der Waals surface area contributed by atoms with Gasteiger partial charge in [-0.05, 0) is 6.07 Å². The fourth-order valence-corrected chi connectivity index (χ4v) is 2.32. The van der Waals surface area contributed by atoms with E-state index in [1.165, 1.54) is 27.8 Å². The van der Waals surface area contributed by atoms with Crippen molar-refractivity contribution >= 4 is 17.7 Å². The Hall–Kier alpha value is -3.49. The maximum Gasteiger partial charge on any atom is 0.305 e. The molecule has 0 saturated heterocycles. The molecule has 2 heterocycles. The summed E-state index contributed by atoms with van der Waals surface area (Å²) in [5, 5.41) is 19.4. The summed E-state index contributed by atoms with van der Waals surface area (Å²) < 4.78 is 16.6. The predicted octanol–water partition coefficient (Wildman–Crippen LogP) is 1.99. The molecule has 26 heavy (non-hydrogen) atoms. The number of aliphatic carboxylic acids is 1. The van der Waals surface area contributed by atoms with Crippen molar-refractivity contribution in [3.05, 3.63) is 65.9 Å². The Kier molecular flexibility index (Phi) is 5.07. The molecule has 0 bridgehead atoms. The van der Waals surface area contributed by atoms with E-state index in [0.717, 1.165) is 0 Å². The van der Waals surface area contributed by atoms with Crippen molar-refractivity contribution < 1.29 is 19.1 Å². The minimum Gasteiger partial charge on any atom is -0.481 e. The molecule has 1 amide bonds. The summed E-state index contributed by atoms with van der Waals surface area (Å²) in [4.78, 5) is 22.8. The van der Waals surface area contributed by atoms with Gasteiger partial charge in [-0.1, -0.05) is 18.2 Å². The van der Waals surface area contributed by atoms with Gasteiger partial charge in [-0.15, -0.1) is 0 Å². The molecule has 0 aliphatic rings. The zero-order chi connectivity index (χ0) is 18.5. The first kappa shape index (κ1) is 17.3. The third-order valence-corrected chi connectivity index (χ3v) is 3.62. The monoisotopic (exact) mass is 357 g/mol. The number of amides is 1. The van der Waals surface area contributed by atoms with E-state index in [0.29, 0.717) is 16.9 Å². The second kappa shape index (κ2) is 7.60. The quantitative estimate of drug-likeness (QED) is 0.673. The van der Waals surface area contributed by atoms with Gasteiger partial charge in [-0.25, -0.2) is 4.39 Å². The summed E-state index contributed by atoms with van der Waals surface area (Å²) in [5.41, 5.74) is 0.784. The maximum absolute atomic E-state index is 13.7. The number of anilines is 1. The SMILES string of the molecule is O=C(O)CCn1cc(C(=O)Nc2ccn(Cc3ccccc3F)n2)cn1. The van der Waals surface area contributed by atoms with E-state index in [-0.39, 0.29) is 25.3 Å². The zero-order valence-corrected chi connectivity index (χ0v) is 13.7. The molecule has 3 rings (SSSR count). The molecule has 9 heteroatoms. The van der Waals surface area contributed by atoms with Crippen LogP contribution in [0.5, 0.6) is 0 Å². The van der Waals surface area contributed by atoms with E-state index in [4.69, 9.17) is 5.11 Å². The first-order chi connectivity index (χ1) is 12.5. The highest BCUT2D eigenvalue weighted by molar-refractivity contribution is 6.03. The van der Waals surface area contributed by atoms with Crippen molar-refractivity contribution in [1.29, 1.82) is 0 Å². The summed E-state index contributed by atoms with van der Waals surface area (Å²) in [6.45, 7) is 0.426. The molecule has 0 spiro atoms. The van der Waals surface area contributed by atoms with Crippen LogP contribution in [0.3, 0.4) is 0 Å². The molecule has 0 aliphatic carbocycles. The molecule has 0 aliphatic heterocycles. The number of carboxylic acid groups (broad SMARTS) is 1. The normalized spacial score (nSPS) is 10.7. The summed E-state index contributed by atoms with van der Waals surface area (Å²) in [6, 6.07) is 8.01. The number of nitrogens with one attached hydrogen (secondary N) is 1. The highest BCUT2D eigenvalue weighted by Gasteiger charge is 2.11. The minimum atomic E-state index is -0.938. The smallest absolute Gasteiger partial charge is 0.305 e. The average molecular weight is 357 g/mol. The molecule has 0 radical (unpaired) electrons. The van der Waals surface area contributed by atoms with Gasteiger partial charge < -0.3 is 10.4 Å². The molecule has 0 atom stereocenters. The second-order valence-corrected chi connectivity index (χ2v) is 5.58. The summed E-state index contributed by atoms with van der Waals surface area (Å²) >= 11 is 0. The Morgan fingerprint density at radius 2 is 2.00 bits per heavy atom. The molecule has 8 nitrogen and oxygen atoms in total. The Morgan fingerprint density at radius 1 is 1.19 bits per heavy atom. The number of carbonyl (C=O) groups is 2. The number of halogens is 1. The lowest BCUT2D eigenvalue weighted by molar-refractivity contribution is -0.137. The molecule has 0 unspecified atom stereocenters. The molecule has 134 valence electrons. The van der Waals surface area contributed by atoms with E-state index in [1.807, 2.05) is 0 Å². The molecular formula is C17H16FN5O3. The van der Waals surface area contributed by atoms with Gasteiger partial charge in [0.2, 0.25) is 0 Å². The average Bonchev–Trinajstić information content (AvgIpc) is 3.24. The lowest BCUT2D eigenvalue weighted by Crippen LogP contribution is -2.12. The number of benzene rings is 1. The Balaban J connectivity index is 1.61. The first-order valence-electron chi connectivity index (χ1n) is 7.84. The Bertz CT molecular complexity index is 934. The standard InChI is InChI=1S/C17H16FN5O3/c18-14-4-2-1-3-12(14)10-23-7-5-15(21-23)20-17(26)13-9-19-22(11-13)8-6-16(24)25/h1-5,7,9,11H,6,8,10H2,(H,24,25)(H,20,21,26). The lowest BCUT2D eigenvalue weighted by Gasteiger charge is -2.03. The van der Waals surface area contributed by atoms with Gasteiger partial charge in [0, 0.05) is 24.0 Å². The topological polar surface area (TPSA) is 102 Å². The van der Waals surface area contributed by atoms with Crippen LogP contribution in [-0.4, -0.2) is 36.5 Å². The fourth-order valence-electron chi connectivity index (χ4n) is 2.32. The summed E-state index contributed by atoms with van der Waals surface area (Å²) in [7, 11) is 0. The highest BCUT2D eigenvalue weighted by atomic mass is 19.1. The number of carbonyl (C=O) groups excluding carboxylic acids is 1. The van der Waals surface area contributed by atoms with Crippen LogP contribution in [0.4, 0.5) is 10.2 Å². The van der Waals surface area contributed by atoms with Crippen molar-refractivity contribution in [3.8, 4) is 0 Å². The predicted molar refractivity (Wildman–Crippen MR) is 90.2 cm³/mol. The van der Waals surface area contributed by atoms with Crippen LogP contribution in [0.15, 0.2) is 48.9 Å². The summed E-state index contributed by atoms with van der Waals surface area (Å²) in [5.74, 6) is -1.35. The number of aromatic nitrogens is 4. The van der Waals surface area contributed by atoms with Crippen LogP contribution >= 0.6 is 0 Å².